The Bertz CT molecular complexity index is 3480. The van der Waals surface area contributed by atoms with E-state index in [0.717, 1.165) is 78.8 Å². The molecule has 11 aromatic rings. The van der Waals surface area contributed by atoms with Gasteiger partial charge in [-0.1, -0.05) is 152 Å². The van der Waals surface area contributed by atoms with Gasteiger partial charge in [0, 0.05) is 27.5 Å². The SMILES string of the molecule is C1=Cc2cc(-c3nc(-c4ccc5ccc6ccccc6c5c4)nc(-c4cccc5c(-c6cccc7oc8ccccc8c67)cccc45)n3)c3ccccc3c2CC1. The van der Waals surface area contributed by atoms with E-state index in [1.807, 2.05) is 12.1 Å². The zero-order valence-electron chi connectivity index (χ0n) is 30.9. The molecule has 12 rings (SSSR count). The average molecular weight is 728 g/mol. The molecule has 0 unspecified atom stereocenters. The smallest absolute Gasteiger partial charge is 0.164 e. The number of fused-ring (bicyclic) bond motifs is 10. The monoisotopic (exact) mass is 727 g/mol. The molecule has 4 nitrogen and oxygen atoms in total. The van der Waals surface area contributed by atoms with Gasteiger partial charge in [-0.3, -0.25) is 0 Å². The molecule has 2 heterocycles. The summed E-state index contributed by atoms with van der Waals surface area (Å²) in [7, 11) is 0. The van der Waals surface area contributed by atoms with E-state index in [9.17, 15) is 0 Å². The first kappa shape index (κ1) is 31.9. The number of aryl methyl sites for hydroxylation is 1. The Labute approximate surface area is 328 Å². The normalized spacial score (nSPS) is 12.7. The molecule has 57 heavy (non-hydrogen) atoms. The van der Waals surface area contributed by atoms with E-state index < -0.39 is 0 Å². The Balaban J connectivity index is 1.12. The third kappa shape index (κ3) is 5.04. The summed E-state index contributed by atoms with van der Waals surface area (Å²) in [5.74, 6) is 1.94. The van der Waals surface area contributed by atoms with E-state index in [1.54, 1.807) is 0 Å². The molecule has 0 saturated heterocycles. The summed E-state index contributed by atoms with van der Waals surface area (Å²) in [6.07, 6.45) is 6.58. The van der Waals surface area contributed by atoms with E-state index in [2.05, 4.69) is 164 Å². The third-order valence-electron chi connectivity index (χ3n) is 11.8. The summed E-state index contributed by atoms with van der Waals surface area (Å²) in [6, 6.07) is 58.1. The van der Waals surface area contributed by atoms with Crippen molar-refractivity contribution in [3.63, 3.8) is 0 Å². The fourth-order valence-corrected chi connectivity index (χ4v) is 9.13. The summed E-state index contributed by atoms with van der Waals surface area (Å²) >= 11 is 0. The molecule has 0 fully saturated rings. The van der Waals surface area contributed by atoms with Crippen LogP contribution in [-0.4, -0.2) is 15.0 Å². The van der Waals surface area contributed by atoms with Crippen LogP contribution in [0.2, 0.25) is 0 Å². The lowest BCUT2D eigenvalue weighted by Gasteiger charge is -2.18. The quantitative estimate of drug-likeness (QED) is 0.169. The van der Waals surface area contributed by atoms with E-state index in [1.165, 1.54) is 38.1 Å². The zero-order valence-corrected chi connectivity index (χ0v) is 30.9. The van der Waals surface area contributed by atoms with Crippen LogP contribution >= 0.6 is 0 Å². The van der Waals surface area contributed by atoms with Crippen LogP contribution in [0.1, 0.15) is 17.5 Å². The van der Waals surface area contributed by atoms with Gasteiger partial charge in [-0.15, -0.1) is 0 Å². The molecule has 4 heteroatoms. The Kier molecular flexibility index (Phi) is 7.02. The lowest BCUT2D eigenvalue weighted by molar-refractivity contribution is 0.669. The number of furan rings is 1. The predicted molar refractivity (Wildman–Crippen MR) is 236 cm³/mol. The maximum atomic E-state index is 6.31. The number of para-hydroxylation sites is 1. The second kappa shape index (κ2) is 12.6. The Morgan fingerprint density at radius 3 is 1.88 bits per heavy atom. The summed E-state index contributed by atoms with van der Waals surface area (Å²) in [4.78, 5) is 16.1. The molecule has 0 atom stereocenters. The van der Waals surface area contributed by atoms with Gasteiger partial charge in [0.2, 0.25) is 0 Å². The van der Waals surface area contributed by atoms with Crippen molar-refractivity contribution in [2.45, 2.75) is 12.8 Å². The molecule has 2 aromatic heterocycles. The van der Waals surface area contributed by atoms with Crippen molar-refractivity contribution in [2.75, 3.05) is 0 Å². The standard InChI is InChI=1S/C53H33N3O/c1-3-14-36-32(12-1)26-27-33-28-29-35(31-46(33)36)51-54-52(56-53(55-51)47-30-34-13-2-4-15-37(34)38-16-5-6-17-42(38)47)44-23-10-19-39-40(20-9-21-41(39)44)43-22-11-25-49-50(43)45-18-7-8-24-48(45)57-49/h1-3,5-14,16-31H,4,15H2. The lowest BCUT2D eigenvalue weighted by atomic mass is 9.89. The molecule has 9 aromatic carbocycles. The van der Waals surface area contributed by atoms with Crippen LogP contribution in [0.5, 0.6) is 0 Å². The summed E-state index contributed by atoms with van der Waals surface area (Å²) in [5, 5.41) is 11.6. The van der Waals surface area contributed by atoms with Crippen LogP contribution in [0.3, 0.4) is 0 Å². The number of aromatic nitrogens is 3. The predicted octanol–water partition coefficient (Wildman–Crippen LogP) is 14.0. The van der Waals surface area contributed by atoms with Gasteiger partial charge >= 0.3 is 0 Å². The Morgan fingerprint density at radius 2 is 1.00 bits per heavy atom. The molecular formula is C53H33N3O. The van der Waals surface area contributed by atoms with Gasteiger partial charge in [0.1, 0.15) is 11.2 Å². The molecule has 0 spiro atoms. The maximum Gasteiger partial charge on any atom is 0.164 e. The van der Waals surface area contributed by atoms with Crippen LogP contribution in [0.15, 0.2) is 174 Å². The average Bonchev–Trinajstić information content (AvgIpc) is 3.67. The molecule has 0 aliphatic heterocycles. The van der Waals surface area contributed by atoms with E-state index in [4.69, 9.17) is 19.4 Å². The van der Waals surface area contributed by atoms with Gasteiger partial charge in [0.15, 0.2) is 17.5 Å². The third-order valence-corrected chi connectivity index (χ3v) is 11.8. The van der Waals surface area contributed by atoms with Crippen molar-refractivity contribution in [1.82, 2.24) is 15.0 Å². The molecule has 0 saturated carbocycles. The first-order valence-corrected chi connectivity index (χ1v) is 19.6. The van der Waals surface area contributed by atoms with Crippen LogP contribution in [0.25, 0.3) is 116 Å². The summed E-state index contributed by atoms with van der Waals surface area (Å²) in [5.41, 5.74) is 9.56. The molecule has 0 radical (unpaired) electrons. The van der Waals surface area contributed by atoms with Crippen LogP contribution in [0, 0.1) is 0 Å². The molecule has 0 N–H and O–H groups in total. The molecule has 0 amide bonds. The van der Waals surface area contributed by atoms with Crippen molar-refractivity contribution >= 4 is 71.1 Å². The number of hydrogen-bond acceptors (Lipinski definition) is 4. The van der Waals surface area contributed by atoms with Crippen LogP contribution in [-0.2, 0) is 6.42 Å². The van der Waals surface area contributed by atoms with Gasteiger partial charge in [0.25, 0.3) is 0 Å². The van der Waals surface area contributed by atoms with Crippen LogP contribution in [0.4, 0.5) is 0 Å². The van der Waals surface area contributed by atoms with Gasteiger partial charge in [-0.2, -0.15) is 0 Å². The van der Waals surface area contributed by atoms with Crippen LogP contribution < -0.4 is 0 Å². The number of hydrogen-bond donors (Lipinski definition) is 0. The Hall–Kier alpha value is -7.43. The van der Waals surface area contributed by atoms with Crippen molar-refractivity contribution < 1.29 is 4.42 Å². The minimum atomic E-state index is 0.639. The van der Waals surface area contributed by atoms with Gasteiger partial charge in [-0.25, -0.2) is 15.0 Å². The van der Waals surface area contributed by atoms with Gasteiger partial charge in [-0.05, 0) is 102 Å². The molecule has 0 bridgehead atoms. The topological polar surface area (TPSA) is 51.8 Å². The van der Waals surface area contributed by atoms with Crippen molar-refractivity contribution in [1.29, 1.82) is 0 Å². The second-order valence-electron chi connectivity index (χ2n) is 15.0. The fourth-order valence-electron chi connectivity index (χ4n) is 9.13. The maximum absolute atomic E-state index is 6.31. The van der Waals surface area contributed by atoms with Crippen molar-refractivity contribution in [2.24, 2.45) is 0 Å². The highest BCUT2D eigenvalue weighted by Crippen LogP contribution is 2.42. The minimum Gasteiger partial charge on any atom is -0.456 e. The number of benzene rings is 9. The summed E-state index contributed by atoms with van der Waals surface area (Å²) < 4.78 is 6.31. The van der Waals surface area contributed by atoms with Crippen molar-refractivity contribution in [3.8, 4) is 45.3 Å². The highest BCUT2D eigenvalue weighted by atomic mass is 16.3. The highest BCUT2D eigenvalue weighted by Gasteiger charge is 2.21. The largest absolute Gasteiger partial charge is 0.456 e. The highest BCUT2D eigenvalue weighted by molar-refractivity contribution is 6.16. The number of allylic oxidation sites excluding steroid dienone is 1. The first-order chi connectivity index (χ1) is 28.2. The minimum absolute atomic E-state index is 0.639. The van der Waals surface area contributed by atoms with E-state index >= 15 is 0 Å². The lowest BCUT2D eigenvalue weighted by Crippen LogP contribution is -2.03. The van der Waals surface area contributed by atoms with Crippen molar-refractivity contribution in [3.05, 3.63) is 181 Å². The van der Waals surface area contributed by atoms with Gasteiger partial charge < -0.3 is 4.42 Å². The molecule has 1 aliphatic rings. The number of nitrogens with zero attached hydrogens (tertiary/aromatic N) is 3. The zero-order chi connectivity index (χ0) is 37.5. The van der Waals surface area contributed by atoms with Gasteiger partial charge in [0.05, 0.1) is 0 Å². The fraction of sp³-hybridized carbons (Fsp3) is 0.0377. The number of rotatable bonds is 4. The molecule has 266 valence electrons. The molecule has 1 aliphatic carbocycles. The first-order valence-electron chi connectivity index (χ1n) is 19.6. The second-order valence-corrected chi connectivity index (χ2v) is 15.0. The Morgan fingerprint density at radius 1 is 0.404 bits per heavy atom. The van der Waals surface area contributed by atoms with E-state index in [-0.39, 0.29) is 0 Å². The molecular weight excluding hydrogens is 695 g/mol. The van der Waals surface area contributed by atoms with E-state index in [0.29, 0.717) is 17.5 Å². The summed E-state index contributed by atoms with van der Waals surface area (Å²) in [6.45, 7) is 0.